The van der Waals surface area contributed by atoms with E-state index in [-0.39, 0.29) is 25.4 Å². The van der Waals surface area contributed by atoms with Crippen molar-refractivity contribution in [3.05, 3.63) is 0 Å². The predicted octanol–water partition coefficient (Wildman–Crippen LogP) is 0.684. The molecule has 0 radical (unpaired) electrons. The number of carbonyl (C=O) groups is 2. The van der Waals surface area contributed by atoms with Crippen LogP contribution in [0.3, 0.4) is 0 Å². The van der Waals surface area contributed by atoms with Gasteiger partial charge in [0.15, 0.2) is 0 Å². The lowest BCUT2D eigenvalue weighted by molar-refractivity contribution is 0.0393. The molecule has 0 aromatic carbocycles. The predicted molar refractivity (Wildman–Crippen MR) is 65.9 cm³/mol. The van der Waals surface area contributed by atoms with Gasteiger partial charge in [-0.15, -0.1) is 0 Å². The van der Waals surface area contributed by atoms with Crippen LogP contribution in [0.15, 0.2) is 0 Å². The number of carbonyl (C=O) groups excluding carboxylic acids is 2. The molecule has 0 aromatic rings. The van der Waals surface area contributed by atoms with E-state index in [1.165, 1.54) is 0 Å². The summed E-state index contributed by atoms with van der Waals surface area (Å²) in [7, 11) is 0. The Morgan fingerprint density at radius 2 is 1.26 bits per heavy atom. The Labute approximate surface area is 112 Å². The average molecular weight is 272 g/mol. The van der Waals surface area contributed by atoms with Crippen LogP contribution in [0.1, 0.15) is 13.8 Å². The molecule has 2 aliphatic heterocycles. The summed E-state index contributed by atoms with van der Waals surface area (Å²) in [6.45, 7) is 6.52. The Bertz CT molecular complexity index is 317. The minimum absolute atomic E-state index is 0.221. The largest absolute Gasteiger partial charge is 0.447 e. The summed E-state index contributed by atoms with van der Waals surface area (Å²) in [5.74, 6) is 0. The standard InChI is InChI=1S/C12H20N2O5/c1-9-7-13(9)11(15)18-5-3-17-4-6-19-12(16)14-8-10(14)2/h9-10H,3-8H2,1-2H3/t9-,10+,13?,14?. The van der Waals surface area contributed by atoms with Crippen LogP contribution >= 0.6 is 0 Å². The fraction of sp³-hybridized carbons (Fsp3) is 0.833. The summed E-state index contributed by atoms with van der Waals surface area (Å²) in [5.41, 5.74) is 0. The van der Waals surface area contributed by atoms with Gasteiger partial charge >= 0.3 is 12.2 Å². The molecular weight excluding hydrogens is 252 g/mol. The van der Waals surface area contributed by atoms with Crippen LogP contribution < -0.4 is 0 Å². The second-order valence-electron chi connectivity index (χ2n) is 4.84. The lowest BCUT2D eigenvalue weighted by Gasteiger charge is -2.08. The fourth-order valence-corrected chi connectivity index (χ4v) is 1.63. The zero-order valence-corrected chi connectivity index (χ0v) is 11.3. The number of amides is 2. The zero-order valence-electron chi connectivity index (χ0n) is 11.3. The maximum Gasteiger partial charge on any atom is 0.410 e. The first-order valence-corrected chi connectivity index (χ1v) is 6.54. The van der Waals surface area contributed by atoms with Crippen LogP contribution in [-0.4, -0.2) is 73.6 Å². The second kappa shape index (κ2) is 6.10. The number of hydrogen-bond donors (Lipinski definition) is 0. The van der Waals surface area contributed by atoms with Crippen molar-refractivity contribution in [2.24, 2.45) is 0 Å². The fourth-order valence-electron chi connectivity index (χ4n) is 1.63. The molecule has 7 nitrogen and oxygen atoms in total. The quantitative estimate of drug-likeness (QED) is 0.525. The molecule has 2 aliphatic rings. The van der Waals surface area contributed by atoms with Gasteiger partial charge in [0.1, 0.15) is 13.2 Å². The summed E-state index contributed by atoms with van der Waals surface area (Å²) in [6.07, 6.45) is -0.587. The van der Waals surface area contributed by atoms with Gasteiger partial charge in [-0.2, -0.15) is 0 Å². The Morgan fingerprint density at radius 3 is 1.58 bits per heavy atom. The third-order valence-electron chi connectivity index (χ3n) is 3.09. The first kappa shape index (κ1) is 13.9. The molecular formula is C12H20N2O5. The van der Waals surface area contributed by atoms with E-state index in [9.17, 15) is 9.59 Å². The molecule has 2 rings (SSSR count). The molecule has 0 saturated carbocycles. The van der Waals surface area contributed by atoms with E-state index in [1.54, 1.807) is 9.80 Å². The molecule has 0 unspecified atom stereocenters. The van der Waals surface area contributed by atoms with Crippen LogP contribution in [0.25, 0.3) is 0 Å². The SMILES string of the molecule is C[C@@H]1CN1C(=O)OCCOCCOC(=O)N1C[C@@H]1C. The lowest BCUT2D eigenvalue weighted by atomic mass is 10.6. The van der Waals surface area contributed by atoms with Gasteiger partial charge < -0.3 is 24.0 Å². The van der Waals surface area contributed by atoms with Gasteiger partial charge in [-0.1, -0.05) is 0 Å². The topological polar surface area (TPSA) is 67.9 Å². The molecule has 0 aliphatic carbocycles. The van der Waals surface area contributed by atoms with Crippen LogP contribution in [0.2, 0.25) is 0 Å². The van der Waals surface area contributed by atoms with Gasteiger partial charge in [0.2, 0.25) is 0 Å². The molecule has 2 saturated heterocycles. The zero-order chi connectivity index (χ0) is 13.8. The van der Waals surface area contributed by atoms with Gasteiger partial charge in [-0.3, -0.25) is 0 Å². The van der Waals surface area contributed by atoms with Gasteiger partial charge in [0, 0.05) is 13.1 Å². The van der Waals surface area contributed by atoms with Crippen molar-refractivity contribution >= 4 is 12.2 Å². The first-order valence-electron chi connectivity index (χ1n) is 6.54. The summed E-state index contributed by atoms with van der Waals surface area (Å²) in [6, 6.07) is 0.597. The molecule has 19 heavy (non-hydrogen) atoms. The van der Waals surface area contributed by atoms with E-state index in [2.05, 4.69) is 0 Å². The number of rotatable bonds is 6. The van der Waals surface area contributed by atoms with E-state index >= 15 is 0 Å². The highest BCUT2D eigenvalue weighted by atomic mass is 16.6. The van der Waals surface area contributed by atoms with Crippen LogP contribution in [0, 0.1) is 0 Å². The van der Waals surface area contributed by atoms with E-state index < -0.39 is 0 Å². The molecule has 7 heteroatoms. The van der Waals surface area contributed by atoms with Gasteiger partial charge in [-0.25, -0.2) is 9.59 Å². The molecule has 0 N–H and O–H groups in total. The monoisotopic (exact) mass is 272 g/mol. The highest BCUT2D eigenvalue weighted by Gasteiger charge is 2.36. The van der Waals surface area contributed by atoms with Crippen LogP contribution in [-0.2, 0) is 14.2 Å². The maximum absolute atomic E-state index is 11.3. The second-order valence-corrected chi connectivity index (χ2v) is 4.84. The molecule has 2 atom stereocenters. The van der Waals surface area contributed by atoms with E-state index in [0.29, 0.717) is 25.3 Å². The Kier molecular flexibility index (Phi) is 4.47. The molecule has 0 spiro atoms. The van der Waals surface area contributed by atoms with Crippen LogP contribution in [0.5, 0.6) is 0 Å². The highest BCUT2D eigenvalue weighted by molar-refractivity contribution is 5.71. The van der Waals surface area contributed by atoms with Crippen molar-refractivity contribution in [1.82, 2.24) is 9.80 Å². The van der Waals surface area contributed by atoms with Crippen molar-refractivity contribution in [2.75, 3.05) is 39.5 Å². The van der Waals surface area contributed by atoms with Gasteiger partial charge in [0.05, 0.1) is 25.3 Å². The molecule has 108 valence electrons. The van der Waals surface area contributed by atoms with Crippen molar-refractivity contribution in [3.63, 3.8) is 0 Å². The van der Waals surface area contributed by atoms with E-state index in [1.807, 2.05) is 13.8 Å². The van der Waals surface area contributed by atoms with E-state index in [4.69, 9.17) is 14.2 Å². The van der Waals surface area contributed by atoms with E-state index in [0.717, 1.165) is 13.1 Å². The highest BCUT2D eigenvalue weighted by Crippen LogP contribution is 2.17. The number of hydrogen-bond acceptors (Lipinski definition) is 5. The Hall–Kier alpha value is -1.50. The minimum atomic E-state index is -0.293. The summed E-state index contributed by atoms with van der Waals surface area (Å²) >= 11 is 0. The number of ether oxygens (including phenoxy) is 3. The molecule has 2 heterocycles. The molecule has 0 aromatic heterocycles. The summed E-state index contributed by atoms with van der Waals surface area (Å²) in [5, 5.41) is 0. The van der Waals surface area contributed by atoms with Crippen molar-refractivity contribution in [2.45, 2.75) is 25.9 Å². The summed E-state index contributed by atoms with van der Waals surface area (Å²) in [4.78, 5) is 25.8. The van der Waals surface area contributed by atoms with Crippen LogP contribution in [0.4, 0.5) is 9.59 Å². The summed E-state index contributed by atoms with van der Waals surface area (Å²) < 4.78 is 15.1. The third-order valence-corrected chi connectivity index (χ3v) is 3.09. The van der Waals surface area contributed by atoms with Gasteiger partial charge in [-0.05, 0) is 13.8 Å². The van der Waals surface area contributed by atoms with Crippen molar-refractivity contribution in [1.29, 1.82) is 0 Å². The Morgan fingerprint density at radius 1 is 0.895 bits per heavy atom. The normalized spacial score (nSPS) is 24.1. The van der Waals surface area contributed by atoms with Gasteiger partial charge in [0.25, 0.3) is 0 Å². The van der Waals surface area contributed by atoms with Crippen molar-refractivity contribution < 1.29 is 23.8 Å². The molecule has 0 bridgehead atoms. The molecule has 2 fully saturated rings. The third kappa shape index (κ3) is 4.27. The maximum atomic E-state index is 11.3. The lowest BCUT2D eigenvalue weighted by Crippen LogP contribution is -2.20. The minimum Gasteiger partial charge on any atom is -0.447 e. The smallest absolute Gasteiger partial charge is 0.410 e. The average Bonchev–Trinajstić information content (AvgIpc) is 3.26. The number of nitrogens with zero attached hydrogens (tertiary/aromatic N) is 2. The van der Waals surface area contributed by atoms with Crippen molar-refractivity contribution in [3.8, 4) is 0 Å². The Balaban J connectivity index is 1.38. The molecule has 2 amide bonds. The first-order chi connectivity index (χ1) is 9.09.